The highest BCUT2D eigenvalue weighted by molar-refractivity contribution is 5.40. The van der Waals surface area contributed by atoms with Gasteiger partial charge in [0.1, 0.15) is 11.4 Å². The summed E-state index contributed by atoms with van der Waals surface area (Å²) in [7, 11) is 0. The Balaban J connectivity index is 1.80. The third kappa shape index (κ3) is 2.54. The van der Waals surface area contributed by atoms with Gasteiger partial charge in [0, 0.05) is 12.2 Å². The minimum absolute atomic E-state index is 0.500. The lowest BCUT2D eigenvalue weighted by molar-refractivity contribution is 0.0322. The zero-order chi connectivity index (χ0) is 14.0. The van der Waals surface area contributed by atoms with Crippen LogP contribution in [0.3, 0.4) is 0 Å². The van der Waals surface area contributed by atoms with Crippen LogP contribution in [0.4, 0.5) is 5.82 Å². The molecule has 1 aromatic carbocycles. The van der Waals surface area contributed by atoms with E-state index in [0.29, 0.717) is 6.54 Å². The first-order valence-corrected chi connectivity index (χ1v) is 7.16. The van der Waals surface area contributed by atoms with Crippen LogP contribution in [0.5, 0.6) is 0 Å². The van der Waals surface area contributed by atoms with Gasteiger partial charge in [-0.3, -0.25) is 0 Å². The summed E-state index contributed by atoms with van der Waals surface area (Å²) in [5.74, 6) is 0.821. The average Bonchev–Trinajstić information content (AvgIpc) is 2.46. The second kappa shape index (κ2) is 5.25. The number of benzene rings is 1. The van der Waals surface area contributed by atoms with Crippen molar-refractivity contribution in [3.05, 3.63) is 59.3 Å². The third-order valence-electron chi connectivity index (χ3n) is 4.01. The summed E-state index contributed by atoms with van der Waals surface area (Å²) < 4.78 is 0. The second-order valence-corrected chi connectivity index (χ2v) is 5.56. The van der Waals surface area contributed by atoms with E-state index in [9.17, 15) is 5.11 Å². The zero-order valence-electron chi connectivity index (χ0n) is 11.8. The molecule has 3 heteroatoms. The monoisotopic (exact) mass is 268 g/mol. The number of anilines is 1. The molecule has 1 heterocycles. The van der Waals surface area contributed by atoms with Crippen LogP contribution in [0.25, 0.3) is 0 Å². The van der Waals surface area contributed by atoms with Gasteiger partial charge in [0.15, 0.2) is 0 Å². The maximum absolute atomic E-state index is 11.0. The highest BCUT2D eigenvalue weighted by atomic mass is 16.3. The number of aliphatic hydroxyl groups is 1. The Bertz CT molecular complexity index is 611. The summed E-state index contributed by atoms with van der Waals surface area (Å²) in [6.07, 6.45) is 2.88. The Morgan fingerprint density at radius 1 is 1.20 bits per heavy atom. The fourth-order valence-corrected chi connectivity index (χ4v) is 2.96. The van der Waals surface area contributed by atoms with E-state index >= 15 is 0 Å². The van der Waals surface area contributed by atoms with E-state index in [-0.39, 0.29) is 0 Å². The minimum Gasteiger partial charge on any atom is -0.383 e. The lowest BCUT2D eigenvalue weighted by Crippen LogP contribution is -2.37. The number of hydrogen-bond acceptors (Lipinski definition) is 3. The topological polar surface area (TPSA) is 45.1 Å². The molecule has 2 N–H and O–H groups in total. The largest absolute Gasteiger partial charge is 0.383 e. The molecule has 3 nitrogen and oxygen atoms in total. The summed E-state index contributed by atoms with van der Waals surface area (Å²) in [6, 6.07) is 14.1. The van der Waals surface area contributed by atoms with Crippen LogP contribution in [0.15, 0.2) is 42.5 Å². The predicted molar refractivity (Wildman–Crippen MR) is 80.7 cm³/mol. The minimum atomic E-state index is -0.791. The van der Waals surface area contributed by atoms with Crippen LogP contribution in [-0.2, 0) is 12.0 Å². The molecule has 1 atom stereocenters. The number of aromatic nitrogens is 1. The number of nitrogens with one attached hydrogen (secondary N) is 1. The molecular weight excluding hydrogens is 248 g/mol. The van der Waals surface area contributed by atoms with Crippen molar-refractivity contribution in [2.24, 2.45) is 0 Å². The standard InChI is InChI=1S/C17H20N2O/c1-13-6-4-10-16(19-13)18-12-17(20)11-5-8-14-7-2-3-9-15(14)17/h2-4,6-7,9-10,20H,5,8,11-12H2,1H3,(H,18,19). The molecule has 2 aromatic rings. The molecule has 0 amide bonds. The second-order valence-electron chi connectivity index (χ2n) is 5.56. The Hall–Kier alpha value is -1.87. The van der Waals surface area contributed by atoms with Gasteiger partial charge in [-0.2, -0.15) is 0 Å². The van der Waals surface area contributed by atoms with Crippen molar-refractivity contribution in [2.45, 2.75) is 31.8 Å². The molecule has 0 spiro atoms. The molecule has 0 bridgehead atoms. The van der Waals surface area contributed by atoms with Gasteiger partial charge in [-0.1, -0.05) is 30.3 Å². The van der Waals surface area contributed by atoms with Gasteiger partial charge in [0.2, 0.25) is 0 Å². The zero-order valence-corrected chi connectivity index (χ0v) is 11.8. The van der Waals surface area contributed by atoms with E-state index in [1.165, 1.54) is 5.56 Å². The first-order valence-electron chi connectivity index (χ1n) is 7.16. The van der Waals surface area contributed by atoms with Crippen LogP contribution in [0.2, 0.25) is 0 Å². The molecule has 104 valence electrons. The molecule has 1 aromatic heterocycles. The van der Waals surface area contributed by atoms with E-state index in [1.807, 2.05) is 43.3 Å². The van der Waals surface area contributed by atoms with Crippen LogP contribution in [-0.4, -0.2) is 16.6 Å². The van der Waals surface area contributed by atoms with Crippen molar-refractivity contribution < 1.29 is 5.11 Å². The molecule has 3 rings (SSSR count). The predicted octanol–water partition coefficient (Wildman–Crippen LogP) is 3.03. The Morgan fingerprint density at radius 3 is 2.90 bits per heavy atom. The van der Waals surface area contributed by atoms with Gasteiger partial charge >= 0.3 is 0 Å². The smallest absolute Gasteiger partial charge is 0.126 e. The van der Waals surface area contributed by atoms with Gasteiger partial charge in [-0.25, -0.2) is 4.98 Å². The van der Waals surface area contributed by atoms with Gasteiger partial charge < -0.3 is 10.4 Å². The summed E-state index contributed by atoms with van der Waals surface area (Å²) in [5, 5.41) is 14.2. The number of hydrogen-bond donors (Lipinski definition) is 2. The van der Waals surface area contributed by atoms with Crippen molar-refractivity contribution in [3.8, 4) is 0 Å². The van der Waals surface area contributed by atoms with Crippen molar-refractivity contribution in [3.63, 3.8) is 0 Å². The quantitative estimate of drug-likeness (QED) is 0.899. The third-order valence-corrected chi connectivity index (χ3v) is 4.01. The van der Waals surface area contributed by atoms with Gasteiger partial charge in [-0.05, 0) is 49.4 Å². The Kier molecular flexibility index (Phi) is 3.45. The van der Waals surface area contributed by atoms with Crippen LogP contribution < -0.4 is 5.32 Å². The first kappa shape index (κ1) is 13.1. The van der Waals surface area contributed by atoms with E-state index in [0.717, 1.165) is 36.3 Å². The van der Waals surface area contributed by atoms with Gasteiger partial charge in [-0.15, -0.1) is 0 Å². The summed E-state index contributed by atoms with van der Waals surface area (Å²) in [5.41, 5.74) is 2.51. The molecule has 20 heavy (non-hydrogen) atoms. The summed E-state index contributed by atoms with van der Waals surface area (Å²) >= 11 is 0. The van der Waals surface area contributed by atoms with Crippen LogP contribution >= 0.6 is 0 Å². The number of pyridine rings is 1. The Morgan fingerprint density at radius 2 is 2.05 bits per heavy atom. The molecule has 1 unspecified atom stereocenters. The summed E-state index contributed by atoms with van der Waals surface area (Å²) in [4.78, 5) is 4.42. The van der Waals surface area contributed by atoms with E-state index < -0.39 is 5.60 Å². The van der Waals surface area contributed by atoms with Crippen molar-refractivity contribution in [2.75, 3.05) is 11.9 Å². The molecule has 0 aliphatic heterocycles. The highest BCUT2D eigenvalue weighted by Crippen LogP contribution is 2.35. The van der Waals surface area contributed by atoms with Crippen molar-refractivity contribution in [1.29, 1.82) is 0 Å². The summed E-state index contributed by atoms with van der Waals surface area (Å²) in [6.45, 7) is 2.47. The molecule has 0 saturated heterocycles. The van der Waals surface area contributed by atoms with E-state index in [1.54, 1.807) is 0 Å². The molecule has 0 fully saturated rings. The van der Waals surface area contributed by atoms with E-state index in [2.05, 4.69) is 16.4 Å². The van der Waals surface area contributed by atoms with E-state index in [4.69, 9.17) is 0 Å². The number of nitrogens with zero attached hydrogens (tertiary/aromatic N) is 1. The molecule has 0 saturated carbocycles. The SMILES string of the molecule is Cc1cccc(NCC2(O)CCCc3ccccc32)n1. The highest BCUT2D eigenvalue weighted by Gasteiger charge is 2.33. The van der Waals surface area contributed by atoms with Crippen molar-refractivity contribution >= 4 is 5.82 Å². The number of rotatable bonds is 3. The van der Waals surface area contributed by atoms with Crippen molar-refractivity contribution in [1.82, 2.24) is 4.98 Å². The molecule has 1 aliphatic rings. The fraction of sp³-hybridized carbons (Fsp3) is 0.353. The lowest BCUT2D eigenvalue weighted by Gasteiger charge is -2.34. The molecule has 1 aliphatic carbocycles. The normalized spacial score (nSPS) is 21.3. The molecular formula is C17H20N2O. The molecule has 0 radical (unpaired) electrons. The number of aryl methyl sites for hydroxylation is 2. The lowest BCUT2D eigenvalue weighted by atomic mass is 9.79. The van der Waals surface area contributed by atoms with Crippen LogP contribution in [0.1, 0.15) is 29.7 Å². The van der Waals surface area contributed by atoms with Gasteiger partial charge in [0.25, 0.3) is 0 Å². The first-order chi connectivity index (χ1) is 9.67. The Labute approximate surface area is 119 Å². The maximum Gasteiger partial charge on any atom is 0.126 e. The average molecular weight is 268 g/mol. The van der Waals surface area contributed by atoms with Gasteiger partial charge in [0.05, 0.1) is 0 Å². The number of fused-ring (bicyclic) bond motifs is 1. The fourth-order valence-electron chi connectivity index (χ4n) is 2.96. The maximum atomic E-state index is 11.0. The van der Waals surface area contributed by atoms with Crippen LogP contribution in [0, 0.1) is 6.92 Å².